The normalized spacial score (nSPS) is 12.9. The highest BCUT2D eigenvalue weighted by Gasteiger charge is 2.14. The average molecular weight is 250 g/mol. The van der Waals surface area contributed by atoms with Crippen molar-refractivity contribution < 1.29 is 0 Å². The molecule has 1 aromatic rings. The first kappa shape index (κ1) is 14.9. The second-order valence-corrected chi connectivity index (χ2v) is 4.43. The molecule has 1 atom stereocenters. The summed E-state index contributed by atoms with van der Waals surface area (Å²) in [5, 5.41) is 3.50. The van der Waals surface area contributed by atoms with Crippen LogP contribution in [-0.4, -0.2) is 36.1 Å². The zero-order chi connectivity index (χ0) is 13.4. The van der Waals surface area contributed by atoms with Gasteiger partial charge >= 0.3 is 0 Å². The average Bonchev–Trinajstić information content (AvgIpc) is 2.39. The fourth-order valence-electron chi connectivity index (χ4n) is 2.17. The molecule has 0 saturated carbocycles. The Balaban J connectivity index is 2.68. The number of nitrogens with zero attached hydrogens (tertiary/aromatic N) is 2. The maximum absolute atomic E-state index is 6.03. The first-order valence-corrected chi connectivity index (χ1v) is 6.87. The van der Waals surface area contributed by atoms with E-state index in [1.807, 2.05) is 12.3 Å². The van der Waals surface area contributed by atoms with Crippen LogP contribution in [0.1, 0.15) is 38.8 Å². The lowest BCUT2D eigenvalue weighted by atomic mass is 10.0. The predicted octanol–water partition coefficient (Wildman–Crippen LogP) is 2.05. The molecule has 0 aliphatic heterocycles. The van der Waals surface area contributed by atoms with Crippen molar-refractivity contribution in [3.8, 4) is 0 Å². The van der Waals surface area contributed by atoms with E-state index in [0.29, 0.717) is 6.04 Å². The van der Waals surface area contributed by atoms with Crippen LogP contribution in [0.15, 0.2) is 18.5 Å². The van der Waals surface area contributed by atoms with Crippen molar-refractivity contribution in [3.63, 3.8) is 0 Å². The van der Waals surface area contributed by atoms with Crippen LogP contribution >= 0.6 is 0 Å². The Labute approximate surface area is 111 Å². The zero-order valence-electron chi connectivity index (χ0n) is 11.8. The van der Waals surface area contributed by atoms with Gasteiger partial charge in [0.2, 0.25) is 0 Å². The smallest absolute Gasteiger partial charge is 0.0393 e. The fraction of sp³-hybridized carbons (Fsp3) is 0.643. The van der Waals surface area contributed by atoms with E-state index in [2.05, 4.69) is 36.0 Å². The van der Waals surface area contributed by atoms with E-state index in [1.165, 1.54) is 0 Å². The van der Waals surface area contributed by atoms with Gasteiger partial charge in [0.15, 0.2) is 0 Å². The van der Waals surface area contributed by atoms with E-state index in [9.17, 15) is 0 Å². The fourth-order valence-corrected chi connectivity index (χ4v) is 2.17. The molecular weight excluding hydrogens is 224 g/mol. The number of aromatic nitrogens is 1. The first-order valence-electron chi connectivity index (χ1n) is 6.87. The topological polar surface area (TPSA) is 54.2 Å². The van der Waals surface area contributed by atoms with Gasteiger partial charge in [0, 0.05) is 29.7 Å². The summed E-state index contributed by atoms with van der Waals surface area (Å²) in [7, 11) is 0. The van der Waals surface area contributed by atoms with E-state index in [1.54, 1.807) is 6.20 Å². The van der Waals surface area contributed by atoms with Crippen LogP contribution in [-0.2, 0) is 0 Å². The standard InChI is InChI=1S/C14H26N4/c1-4-17-14(8-10-18(5-2)6-3)12-11-16-9-7-13(12)15/h7,9,11,14,17H,4-6,8,10H2,1-3H3,(H2,15,16). The number of nitrogens with two attached hydrogens (primary N) is 1. The lowest BCUT2D eigenvalue weighted by molar-refractivity contribution is 0.282. The molecule has 4 nitrogen and oxygen atoms in total. The minimum absolute atomic E-state index is 0.296. The highest BCUT2D eigenvalue weighted by atomic mass is 15.1. The number of hydrogen-bond acceptors (Lipinski definition) is 4. The second-order valence-electron chi connectivity index (χ2n) is 4.43. The van der Waals surface area contributed by atoms with Crippen molar-refractivity contribution >= 4 is 5.69 Å². The third-order valence-electron chi connectivity index (χ3n) is 3.34. The molecule has 0 aromatic carbocycles. The van der Waals surface area contributed by atoms with Crippen molar-refractivity contribution in [2.45, 2.75) is 33.2 Å². The highest BCUT2D eigenvalue weighted by molar-refractivity contribution is 5.46. The van der Waals surface area contributed by atoms with Gasteiger partial charge in [-0.15, -0.1) is 0 Å². The lowest BCUT2D eigenvalue weighted by Gasteiger charge is -2.24. The van der Waals surface area contributed by atoms with Gasteiger partial charge < -0.3 is 16.0 Å². The molecule has 0 saturated heterocycles. The van der Waals surface area contributed by atoms with E-state index >= 15 is 0 Å². The van der Waals surface area contributed by atoms with E-state index in [0.717, 1.165) is 43.9 Å². The maximum atomic E-state index is 6.03. The van der Waals surface area contributed by atoms with Crippen LogP contribution in [0.2, 0.25) is 0 Å². The largest absolute Gasteiger partial charge is 0.398 e. The van der Waals surface area contributed by atoms with Crippen LogP contribution < -0.4 is 11.1 Å². The minimum atomic E-state index is 0.296. The van der Waals surface area contributed by atoms with Crippen molar-refractivity contribution in [2.75, 3.05) is 31.9 Å². The molecule has 0 amide bonds. The Hall–Kier alpha value is -1.13. The number of hydrogen-bond donors (Lipinski definition) is 2. The van der Waals surface area contributed by atoms with Crippen LogP contribution in [0.3, 0.4) is 0 Å². The third kappa shape index (κ3) is 4.27. The van der Waals surface area contributed by atoms with Crippen LogP contribution in [0.25, 0.3) is 0 Å². The molecule has 0 bridgehead atoms. The van der Waals surface area contributed by atoms with E-state index < -0.39 is 0 Å². The van der Waals surface area contributed by atoms with Crippen molar-refractivity contribution in [3.05, 3.63) is 24.0 Å². The van der Waals surface area contributed by atoms with Gasteiger partial charge in [0.05, 0.1) is 0 Å². The van der Waals surface area contributed by atoms with Gasteiger partial charge in [-0.2, -0.15) is 0 Å². The molecule has 1 heterocycles. The van der Waals surface area contributed by atoms with Gasteiger partial charge in [-0.05, 0) is 38.7 Å². The first-order chi connectivity index (χ1) is 8.72. The van der Waals surface area contributed by atoms with Gasteiger partial charge in [0.1, 0.15) is 0 Å². The van der Waals surface area contributed by atoms with Gasteiger partial charge in [-0.3, -0.25) is 4.98 Å². The number of nitrogen functional groups attached to an aromatic ring is 1. The van der Waals surface area contributed by atoms with E-state index in [4.69, 9.17) is 5.73 Å². The Bertz CT molecular complexity index is 336. The summed E-state index contributed by atoms with van der Waals surface area (Å²) < 4.78 is 0. The monoisotopic (exact) mass is 250 g/mol. The summed E-state index contributed by atoms with van der Waals surface area (Å²) in [6.45, 7) is 10.7. The molecule has 102 valence electrons. The van der Waals surface area contributed by atoms with Crippen molar-refractivity contribution in [2.24, 2.45) is 0 Å². The molecule has 1 unspecified atom stereocenters. The molecule has 0 spiro atoms. The summed E-state index contributed by atoms with van der Waals surface area (Å²) in [6, 6.07) is 2.17. The van der Waals surface area contributed by atoms with Gasteiger partial charge in [-0.1, -0.05) is 20.8 Å². The molecule has 0 aliphatic carbocycles. The predicted molar refractivity (Wildman–Crippen MR) is 77.5 cm³/mol. The number of pyridine rings is 1. The Morgan fingerprint density at radius 2 is 2.06 bits per heavy atom. The molecule has 4 heteroatoms. The number of rotatable bonds is 8. The van der Waals surface area contributed by atoms with E-state index in [-0.39, 0.29) is 0 Å². The van der Waals surface area contributed by atoms with Crippen LogP contribution in [0.5, 0.6) is 0 Å². The van der Waals surface area contributed by atoms with Gasteiger partial charge in [-0.25, -0.2) is 0 Å². The quantitative estimate of drug-likeness (QED) is 0.741. The Morgan fingerprint density at radius 1 is 1.33 bits per heavy atom. The maximum Gasteiger partial charge on any atom is 0.0393 e. The summed E-state index contributed by atoms with van der Waals surface area (Å²) in [5.41, 5.74) is 7.98. The Morgan fingerprint density at radius 3 is 2.61 bits per heavy atom. The van der Waals surface area contributed by atoms with Gasteiger partial charge in [0.25, 0.3) is 0 Å². The van der Waals surface area contributed by atoms with Crippen molar-refractivity contribution in [1.29, 1.82) is 0 Å². The molecule has 1 rings (SSSR count). The van der Waals surface area contributed by atoms with Crippen LogP contribution in [0.4, 0.5) is 5.69 Å². The molecule has 1 aromatic heterocycles. The number of nitrogens with one attached hydrogen (secondary N) is 1. The summed E-state index contributed by atoms with van der Waals surface area (Å²) >= 11 is 0. The SMILES string of the molecule is CCNC(CCN(CC)CC)c1cnccc1N. The second kappa shape index (κ2) is 8.06. The zero-order valence-corrected chi connectivity index (χ0v) is 11.8. The summed E-state index contributed by atoms with van der Waals surface area (Å²) in [5.74, 6) is 0. The molecule has 0 fully saturated rings. The summed E-state index contributed by atoms with van der Waals surface area (Å²) in [4.78, 5) is 6.61. The number of anilines is 1. The Kier molecular flexibility index (Phi) is 6.68. The summed E-state index contributed by atoms with van der Waals surface area (Å²) in [6.07, 6.45) is 4.68. The highest BCUT2D eigenvalue weighted by Crippen LogP contribution is 2.22. The van der Waals surface area contributed by atoms with Crippen molar-refractivity contribution in [1.82, 2.24) is 15.2 Å². The minimum Gasteiger partial charge on any atom is -0.398 e. The molecule has 0 radical (unpaired) electrons. The molecule has 18 heavy (non-hydrogen) atoms. The third-order valence-corrected chi connectivity index (χ3v) is 3.34. The molecule has 3 N–H and O–H groups in total. The van der Waals surface area contributed by atoms with Crippen LogP contribution in [0, 0.1) is 0 Å². The molecular formula is C14H26N4. The lowest BCUT2D eigenvalue weighted by Crippen LogP contribution is -2.29. The molecule has 0 aliphatic rings.